The van der Waals surface area contributed by atoms with Gasteiger partial charge in [-0.15, -0.1) is 0 Å². The predicted molar refractivity (Wildman–Crippen MR) is 78.2 cm³/mol. The van der Waals surface area contributed by atoms with Crippen molar-refractivity contribution in [2.75, 3.05) is 33.3 Å². The van der Waals surface area contributed by atoms with E-state index < -0.39 is 0 Å². The Morgan fingerprint density at radius 3 is 3.11 bits per heavy atom. The van der Waals surface area contributed by atoms with Crippen molar-refractivity contribution in [3.05, 3.63) is 28.7 Å². The second-order valence-electron chi connectivity index (χ2n) is 4.86. The Kier molecular flexibility index (Phi) is 5.47. The first-order valence-corrected chi connectivity index (χ1v) is 7.33. The van der Waals surface area contributed by atoms with E-state index in [1.807, 2.05) is 24.3 Å². The van der Waals surface area contributed by atoms with E-state index in [0.717, 1.165) is 29.9 Å². The third-order valence-corrected chi connectivity index (χ3v) is 3.73. The van der Waals surface area contributed by atoms with Crippen LogP contribution < -0.4 is 10.1 Å². The van der Waals surface area contributed by atoms with E-state index in [-0.39, 0.29) is 0 Å². The van der Waals surface area contributed by atoms with Crippen molar-refractivity contribution in [1.29, 1.82) is 0 Å². The zero-order valence-corrected chi connectivity index (χ0v) is 12.4. The molecule has 4 heteroatoms. The van der Waals surface area contributed by atoms with Gasteiger partial charge in [0.05, 0.1) is 0 Å². The maximum absolute atomic E-state index is 5.73. The number of hydrogen-bond donors (Lipinski definition) is 1. The van der Waals surface area contributed by atoms with Crippen LogP contribution in [0, 0.1) is 0 Å². The summed E-state index contributed by atoms with van der Waals surface area (Å²) in [5.74, 6) is 0.928. The molecule has 0 saturated carbocycles. The van der Waals surface area contributed by atoms with Crippen LogP contribution in [-0.2, 0) is 0 Å². The van der Waals surface area contributed by atoms with Crippen LogP contribution in [0.4, 0.5) is 0 Å². The number of nitrogens with zero attached hydrogens (tertiary/aromatic N) is 1. The third kappa shape index (κ3) is 4.59. The summed E-state index contributed by atoms with van der Waals surface area (Å²) in [5, 5.41) is 3.51. The van der Waals surface area contributed by atoms with Gasteiger partial charge in [0.1, 0.15) is 12.4 Å². The van der Waals surface area contributed by atoms with E-state index in [4.69, 9.17) is 4.74 Å². The second kappa shape index (κ2) is 7.12. The maximum Gasteiger partial charge on any atom is 0.120 e. The average molecular weight is 313 g/mol. The van der Waals surface area contributed by atoms with Crippen LogP contribution in [0.2, 0.25) is 0 Å². The summed E-state index contributed by atoms with van der Waals surface area (Å²) in [6, 6.07) is 8.65. The lowest BCUT2D eigenvalue weighted by atomic mass is 10.2. The summed E-state index contributed by atoms with van der Waals surface area (Å²) in [4.78, 5) is 2.33. The Bertz CT molecular complexity index is 367. The van der Waals surface area contributed by atoms with E-state index in [1.165, 1.54) is 19.4 Å². The minimum absolute atomic E-state index is 0.667. The first-order chi connectivity index (χ1) is 8.74. The Morgan fingerprint density at radius 2 is 2.39 bits per heavy atom. The molecule has 1 fully saturated rings. The van der Waals surface area contributed by atoms with Crippen LogP contribution in [0.3, 0.4) is 0 Å². The van der Waals surface area contributed by atoms with Crippen LogP contribution >= 0.6 is 15.9 Å². The summed E-state index contributed by atoms with van der Waals surface area (Å²) < 4.78 is 6.79. The Labute approximate surface area is 118 Å². The van der Waals surface area contributed by atoms with Crippen molar-refractivity contribution in [2.24, 2.45) is 0 Å². The highest BCUT2D eigenvalue weighted by molar-refractivity contribution is 9.10. The van der Waals surface area contributed by atoms with Crippen molar-refractivity contribution < 1.29 is 4.74 Å². The van der Waals surface area contributed by atoms with Crippen molar-refractivity contribution in [1.82, 2.24) is 10.2 Å². The van der Waals surface area contributed by atoms with Gasteiger partial charge in [-0.25, -0.2) is 0 Å². The molecule has 1 aliphatic heterocycles. The second-order valence-corrected chi connectivity index (χ2v) is 5.78. The molecule has 1 unspecified atom stereocenters. The Hall–Kier alpha value is -0.580. The van der Waals surface area contributed by atoms with Gasteiger partial charge in [0.15, 0.2) is 0 Å². The summed E-state index contributed by atoms with van der Waals surface area (Å²) >= 11 is 3.44. The lowest BCUT2D eigenvalue weighted by molar-refractivity contribution is 0.225. The van der Waals surface area contributed by atoms with Gasteiger partial charge in [-0.3, -0.25) is 0 Å². The minimum atomic E-state index is 0.667. The van der Waals surface area contributed by atoms with Crippen molar-refractivity contribution in [3.63, 3.8) is 0 Å². The number of halogens is 1. The third-order valence-electron chi connectivity index (χ3n) is 3.23. The van der Waals surface area contributed by atoms with E-state index >= 15 is 0 Å². The normalized spacial score (nSPS) is 19.4. The number of ether oxygens (including phenoxy) is 1. The van der Waals surface area contributed by atoms with E-state index in [9.17, 15) is 0 Å². The fraction of sp³-hybridized carbons (Fsp3) is 0.571. The molecule has 2 rings (SSSR count). The highest BCUT2D eigenvalue weighted by atomic mass is 79.9. The van der Waals surface area contributed by atoms with Gasteiger partial charge in [-0.1, -0.05) is 22.0 Å². The lowest BCUT2D eigenvalue weighted by Crippen LogP contribution is -2.37. The summed E-state index contributed by atoms with van der Waals surface area (Å²) in [5.41, 5.74) is 0. The van der Waals surface area contributed by atoms with Gasteiger partial charge >= 0.3 is 0 Å². The van der Waals surface area contributed by atoms with Crippen molar-refractivity contribution in [3.8, 4) is 5.75 Å². The first kappa shape index (κ1) is 13.8. The van der Waals surface area contributed by atoms with Crippen molar-refractivity contribution >= 4 is 15.9 Å². The van der Waals surface area contributed by atoms with Gasteiger partial charge in [0.2, 0.25) is 0 Å². The number of nitrogens with one attached hydrogen (secondary N) is 1. The highest BCUT2D eigenvalue weighted by Gasteiger charge is 2.15. The van der Waals surface area contributed by atoms with Gasteiger partial charge in [0, 0.05) is 23.6 Å². The Morgan fingerprint density at radius 1 is 1.50 bits per heavy atom. The fourth-order valence-corrected chi connectivity index (χ4v) is 2.63. The number of benzene rings is 1. The van der Waals surface area contributed by atoms with Crippen molar-refractivity contribution in [2.45, 2.75) is 18.9 Å². The molecule has 1 atom stereocenters. The fourth-order valence-electron chi connectivity index (χ4n) is 2.26. The lowest BCUT2D eigenvalue weighted by Gasteiger charge is -2.21. The number of likely N-dealkylation sites (N-methyl/N-ethyl adjacent to an activating group) is 1. The summed E-state index contributed by atoms with van der Waals surface area (Å²) in [6.07, 6.45) is 2.61. The van der Waals surface area contributed by atoms with E-state index in [0.29, 0.717) is 6.04 Å². The van der Waals surface area contributed by atoms with Gasteiger partial charge in [0.25, 0.3) is 0 Å². The molecular formula is C14H21BrN2O. The molecule has 1 aromatic rings. The molecule has 1 aliphatic rings. The standard InChI is InChI=1S/C14H21BrN2O/c1-17(11-13-5-3-7-16-13)8-9-18-14-6-2-4-12(15)10-14/h2,4,6,10,13,16H,3,5,7-9,11H2,1H3. The van der Waals surface area contributed by atoms with Crippen LogP contribution in [0.25, 0.3) is 0 Å². The number of rotatable bonds is 6. The maximum atomic E-state index is 5.73. The molecule has 18 heavy (non-hydrogen) atoms. The number of hydrogen-bond acceptors (Lipinski definition) is 3. The van der Waals surface area contributed by atoms with E-state index in [2.05, 4.69) is 33.2 Å². The average Bonchev–Trinajstić information content (AvgIpc) is 2.82. The van der Waals surface area contributed by atoms with Crippen LogP contribution in [0.1, 0.15) is 12.8 Å². The van der Waals surface area contributed by atoms with Crippen LogP contribution in [-0.4, -0.2) is 44.2 Å². The molecule has 1 N–H and O–H groups in total. The molecule has 0 amide bonds. The summed E-state index contributed by atoms with van der Waals surface area (Å²) in [7, 11) is 2.16. The minimum Gasteiger partial charge on any atom is -0.492 e. The molecule has 0 radical (unpaired) electrons. The molecule has 1 aromatic carbocycles. The molecule has 0 spiro atoms. The smallest absolute Gasteiger partial charge is 0.120 e. The predicted octanol–water partition coefficient (Wildman–Crippen LogP) is 2.51. The molecule has 0 aromatic heterocycles. The zero-order valence-electron chi connectivity index (χ0n) is 10.9. The highest BCUT2D eigenvalue weighted by Crippen LogP contribution is 2.17. The molecule has 1 saturated heterocycles. The Balaban J connectivity index is 1.65. The van der Waals surface area contributed by atoms with Crippen LogP contribution in [0.5, 0.6) is 5.75 Å². The van der Waals surface area contributed by atoms with Gasteiger partial charge < -0.3 is 15.0 Å². The molecule has 0 bridgehead atoms. The molecule has 100 valence electrons. The topological polar surface area (TPSA) is 24.5 Å². The monoisotopic (exact) mass is 312 g/mol. The summed E-state index contributed by atoms with van der Waals surface area (Å²) in [6.45, 7) is 3.99. The quantitative estimate of drug-likeness (QED) is 0.873. The van der Waals surface area contributed by atoms with E-state index in [1.54, 1.807) is 0 Å². The largest absolute Gasteiger partial charge is 0.492 e. The molecule has 3 nitrogen and oxygen atoms in total. The van der Waals surface area contributed by atoms with Crippen LogP contribution in [0.15, 0.2) is 28.7 Å². The zero-order chi connectivity index (χ0) is 12.8. The SMILES string of the molecule is CN(CCOc1cccc(Br)c1)CC1CCCN1. The van der Waals surface area contributed by atoms with Gasteiger partial charge in [-0.05, 0) is 44.6 Å². The molecular weight excluding hydrogens is 292 g/mol. The molecule has 0 aliphatic carbocycles. The van der Waals surface area contributed by atoms with Gasteiger partial charge in [-0.2, -0.15) is 0 Å². The first-order valence-electron chi connectivity index (χ1n) is 6.54. The molecule has 1 heterocycles.